The van der Waals surface area contributed by atoms with Crippen LogP contribution >= 0.6 is 15.9 Å². The maximum absolute atomic E-state index is 12.3. The zero-order chi connectivity index (χ0) is 16.2. The number of hydrogen-bond acceptors (Lipinski definition) is 3. The average molecular weight is 376 g/mol. The van der Waals surface area contributed by atoms with Gasteiger partial charge in [-0.15, -0.1) is 0 Å². The molecule has 4 nitrogen and oxygen atoms in total. The summed E-state index contributed by atoms with van der Waals surface area (Å²) in [5.41, 5.74) is -0.699. The summed E-state index contributed by atoms with van der Waals surface area (Å²) in [6, 6.07) is 0. The SMILES string of the molecule is CC(C)(C)OC(=O)N1CCCC(CBr)(OCCC2CCC2)C1. The number of nitrogens with zero attached hydrogens (tertiary/aromatic N) is 1. The first-order chi connectivity index (χ1) is 10.3. The zero-order valence-electron chi connectivity index (χ0n) is 14.2. The summed E-state index contributed by atoms with van der Waals surface area (Å²) in [5, 5.41) is 0.768. The Balaban J connectivity index is 1.85. The molecule has 2 fully saturated rings. The number of carbonyl (C=O) groups excluding carboxylic acids is 1. The minimum Gasteiger partial charge on any atom is -0.444 e. The Morgan fingerprint density at radius 3 is 2.59 bits per heavy atom. The minimum atomic E-state index is -0.448. The van der Waals surface area contributed by atoms with Gasteiger partial charge in [-0.25, -0.2) is 4.79 Å². The standard InChI is InChI=1S/C17H30BrNO3/c1-16(2,3)22-15(20)19-10-5-9-17(12-18,13-19)21-11-8-14-6-4-7-14/h14H,4-13H2,1-3H3. The zero-order valence-corrected chi connectivity index (χ0v) is 15.8. The Kier molecular flexibility index (Phi) is 6.17. The maximum Gasteiger partial charge on any atom is 0.410 e. The average Bonchev–Trinajstić information content (AvgIpc) is 2.40. The molecule has 2 aliphatic rings. The molecule has 1 heterocycles. The molecular formula is C17H30BrNO3. The molecule has 1 saturated heterocycles. The summed E-state index contributed by atoms with van der Waals surface area (Å²) < 4.78 is 11.7. The lowest BCUT2D eigenvalue weighted by Crippen LogP contribution is -2.54. The molecule has 1 saturated carbocycles. The van der Waals surface area contributed by atoms with Gasteiger partial charge in [-0.05, 0) is 46.0 Å². The molecule has 0 bridgehead atoms. The van der Waals surface area contributed by atoms with E-state index in [0.29, 0.717) is 6.54 Å². The third-order valence-electron chi connectivity index (χ3n) is 4.59. The van der Waals surface area contributed by atoms with E-state index in [-0.39, 0.29) is 11.7 Å². The first kappa shape index (κ1) is 18.1. The number of likely N-dealkylation sites (tertiary alicyclic amines) is 1. The topological polar surface area (TPSA) is 38.8 Å². The summed E-state index contributed by atoms with van der Waals surface area (Å²) in [6.07, 6.45) is 6.99. The summed E-state index contributed by atoms with van der Waals surface area (Å²) in [4.78, 5) is 14.1. The molecule has 5 heteroatoms. The lowest BCUT2D eigenvalue weighted by atomic mass is 9.83. The normalized spacial score (nSPS) is 26.6. The lowest BCUT2D eigenvalue weighted by Gasteiger charge is -2.42. The number of carbonyl (C=O) groups is 1. The molecule has 0 aromatic carbocycles. The van der Waals surface area contributed by atoms with Gasteiger partial charge in [0.2, 0.25) is 0 Å². The molecule has 0 aromatic heterocycles. The van der Waals surface area contributed by atoms with E-state index in [9.17, 15) is 4.79 Å². The molecule has 1 atom stereocenters. The van der Waals surface area contributed by atoms with E-state index in [1.807, 2.05) is 20.8 Å². The van der Waals surface area contributed by atoms with Crippen molar-refractivity contribution in [3.8, 4) is 0 Å². The fourth-order valence-corrected chi connectivity index (χ4v) is 3.69. The molecule has 128 valence electrons. The molecule has 0 spiro atoms. The van der Waals surface area contributed by atoms with Crippen LogP contribution in [0.5, 0.6) is 0 Å². The summed E-state index contributed by atoms with van der Waals surface area (Å²) in [5.74, 6) is 0.859. The molecule has 22 heavy (non-hydrogen) atoms. The van der Waals surface area contributed by atoms with Crippen LogP contribution < -0.4 is 0 Å². The van der Waals surface area contributed by atoms with Gasteiger partial charge in [0, 0.05) is 18.5 Å². The first-order valence-corrected chi connectivity index (χ1v) is 9.64. The second kappa shape index (κ2) is 7.52. The Morgan fingerprint density at radius 1 is 1.32 bits per heavy atom. The predicted octanol–water partition coefficient (Wildman–Crippen LogP) is 4.36. The number of rotatable bonds is 5. The van der Waals surface area contributed by atoms with Crippen LogP contribution in [-0.4, -0.2) is 47.2 Å². The lowest BCUT2D eigenvalue weighted by molar-refractivity contribution is -0.0807. The molecule has 1 unspecified atom stereocenters. The van der Waals surface area contributed by atoms with Crippen LogP contribution in [0, 0.1) is 5.92 Å². The van der Waals surface area contributed by atoms with Crippen molar-refractivity contribution >= 4 is 22.0 Å². The number of halogens is 1. The molecule has 0 radical (unpaired) electrons. The van der Waals surface area contributed by atoms with Crippen molar-refractivity contribution in [1.29, 1.82) is 0 Å². The van der Waals surface area contributed by atoms with Gasteiger partial charge in [-0.2, -0.15) is 0 Å². The largest absolute Gasteiger partial charge is 0.444 e. The molecule has 0 aromatic rings. The van der Waals surface area contributed by atoms with Crippen LogP contribution in [0.1, 0.15) is 59.3 Å². The molecule has 2 rings (SSSR count). The highest BCUT2D eigenvalue weighted by Crippen LogP contribution is 2.32. The van der Waals surface area contributed by atoms with Gasteiger partial charge < -0.3 is 14.4 Å². The van der Waals surface area contributed by atoms with Crippen molar-refractivity contribution < 1.29 is 14.3 Å². The van der Waals surface area contributed by atoms with Crippen molar-refractivity contribution in [2.75, 3.05) is 25.0 Å². The van der Waals surface area contributed by atoms with Crippen LogP contribution in [0.15, 0.2) is 0 Å². The van der Waals surface area contributed by atoms with Crippen LogP contribution in [-0.2, 0) is 9.47 Å². The van der Waals surface area contributed by atoms with Gasteiger partial charge in [-0.3, -0.25) is 0 Å². The van der Waals surface area contributed by atoms with Crippen molar-refractivity contribution in [3.63, 3.8) is 0 Å². The Hall–Kier alpha value is -0.290. The van der Waals surface area contributed by atoms with Crippen molar-refractivity contribution in [2.45, 2.75) is 70.5 Å². The summed E-state index contributed by atoms with van der Waals surface area (Å²) in [7, 11) is 0. The number of hydrogen-bond donors (Lipinski definition) is 0. The third kappa shape index (κ3) is 5.12. The number of amides is 1. The predicted molar refractivity (Wildman–Crippen MR) is 91.5 cm³/mol. The van der Waals surface area contributed by atoms with Gasteiger partial charge in [-0.1, -0.05) is 35.2 Å². The van der Waals surface area contributed by atoms with Gasteiger partial charge in [0.25, 0.3) is 0 Å². The number of ether oxygens (including phenoxy) is 2. The van der Waals surface area contributed by atoms with Crippen LogP contribution in [0.2, 0.25) is 0 Å². The molecule has 1 aliphatic carbocycles. The summed E-state index contributed by atoms with van der Waals surface area (Å²) in [6.45, 7) is 7.90. The van der Waals surface area contributed by atoms with Crippen molar-refractivity contribution in [3.05, 3.63) is 0 Å². The second-order valence-corrected chi connectivity index (χ2v) is 8.32. The van der Waals surface area contributed by atoms with E-state index in [0.717, 1.165) is 43.7 Å². The molecule has 1 aliphatic heterocycles. The van der Waals surface area contributed by atoms with E-state index in [4.69, 9.17) is 9.47 Å². The Labute approximate surface area is 143 Å². The van der Waals surface area contributed by atoms with Gasteiger partial charge in [0.1, 0.15) is 5.60 Å². The highest BCUT2D eigenvalue weighted by Gasteiger charge is 2.38. The van der Waals surface area contributed by atoms with E-state index in [1.54, 1.807) is 4.90 Å². The van der Waals surface area contributed by atoms with Gasteiger partial charge >= 0.3 is 6.09 Å². The highest BCUT2D eigenvalue weighted by atomic mass is 79.9. The van der Waals surface area contributed by atoms with E-state index in [2.05, 4.69) is 15.9 Å². The van der Waals surface area contributed by atoms with Crippen molar-refractivity contribution in [2.24, 2.45) is 5.92 Å². The Bertz CT molecular complexity index is 379. The Morgan fingerprint density at radius 2 is 2.05 bits per heavy atom. The van der Waals surface area contributed by atoms with E-state index >= 15 is 0 Å². The fourth-order valence-electron chi connectivity index (χ4n) is 3.07. The summed E-state index contributed by atoms with van der Waals surface area (Å²) >= 11 is 3.60. The van der Waals surface area contributed by atoms with Gasteiger partial charge in [0.05, 0.1) is 12.1 Å². The number of alkyl halides is 1. The molecular weight excluding hydrogens is 346 g/mol. The minimum absolute atomic E-state index is 0.222. The van der Waals surface area contributed by atoms with Crippen molar-refractivity contribution in [1.82, 2.24) is 4.90 Å². The first-order valence-electron chi connectivity index (χ1n) is 8.51. The van der Waals surface area contributed by atoms with Gasteiger partial charge in [0.15, 0.2) is 0 Å². The maximum atomic E-state index is 12.3. The molecule has 1 amide bonds. The number of piperidine rings is 1. The smallest absolute Gasteiger partial charge is 0.410 e. The highest BCUT2D eigenvalue weighted by molar-refractivity contribution is 9.09. The van der Waals surface area contributed by atoms with E-state index in [1.165, 1.54) is 19.3 Å². The third-order valence-corrected chi connectivity index (χ3v) is 5.62. The molecule has 0 N–H and O–H groups in total. The quantitative estimate of drug-likeness (QED) is 0.670. The van der Waals surface area contributed by atoms with Crippen LogP contribution in [0.3, 0.4) is 0 Å². The van der Waals surface area contributed by atoms with Crippen LogP contribution in [0.25, 0.3) is 0 Å². The second-order valence-electron chi connectivity index (χ2n) is 7.76. The fraction of sp³-hybridized carbons (Fsp3) is 0.941. The van der Waals surface area contributed by atoms with Crippen LogP contribution in [0.4, 0.5) is 4.79 Å². The monoisotopic (exact) mass is 375 g/mol. The van der Waals surface area contributed by atoms with E-state index < -0.39 is 5.60 Å².